The Kier molecular flexibility index (Phi) is 8.31. The summed E-state index contributed by atoms with van der Waals surface area (Å²) >= 11 is 0. The molecule has 218 valence electrons. The van der Waals surface area contributed by atoms with Gasteiger partial charge in [0.15, 0.2) is 0 Å². The molecule has 0 bridgehead atoms. The van der Waals surface area contributed by atoms with Crippen LogP contribution in [0.25, 0.3) is 0 Å². The Morgan fingerprint density at radius 1 is 0.897 bits per heavy atom. The summed E-state index contributed by atoms with van der Waals surface area (Å²) in [6.45, 7) is 15.2. The van der Waals surface area contributed by atoms with Gasteiger partial charge in [-0.05, 0) is 122 Å². The minimum atomic E-state index is -0.359. The zero-order chi connectivity index (χ0) is 28.0. The third-order valence-electron chi connectivity index (χ3n) is 13.1. The van der Waals surface area contributed by atoms with E-state index in [0.717, 1.165) is 48.9 Å². The minimum absolute atomic E-state index is 0.0584. The molecular weight excluding hydrogens is 483 g/mol. The van der Waals surface area contributed by atoms with E-state index in [2.05, 4.69) is 41.5 Å². The number of hydrogen-bond donors (Lipinski definition) is 0. The predicted molar refractivity (Wildman–Crippen MR) is 158 cm³/mol. The van der Waals surface area contributed by atoms with Gasteiger partial charge in [0, 0.05) is 6.07 Å². The van der Waals surface area contributed by atoms with Crippen molar-refractivity contribution in [1.29, 1.82) is 0 Å². The van der Waals surface area contributed by atoms with E-state index < -0.39 is 0 Å². The zero-order valence-electron chi connectivity index (χ0n) is 25.7. The van der Waals surface area contributed by atoms with Crippen molar-refractivity contribution in [3.63, 3.8) is 0 Å². The summed E-state index contributed by atoms with van der Waals surface area (Å²) in [7, 11) is 0. The molecule has 4 aliphatic rings. The number of hydrogen-bond acceptors (Lipinski definition) is 2. The lowest BCUT2D eigenvalue weighted by Gasteiger charge is -2.66. The molecule has 4 fully saturated rings. The van der Waals surface area contributed by atoms with Crippen LogP contribution in [0.2, 0.25) is 0 Å². The number of rotatable bonds is 8. The summed E-state index contributed by atoms with van der Waals surface area (Å²) in [6, 6.07) is 5.99. The molecule has 5 rings (SSSR count). The van der Waals surface area contributed by atoms with Crippen LogP contribution in [0.5, 0.6) is 5.75 Å². The molecule has 1 aromatic rings. The molecule has 1 aromatic carbocycles. The molecule has 39 heavy (non-hydrogen) atoms. The summed E-state index contributed by atoms with van der Waals surface area (Å²) in [6.07, 6.45) is 16.7. The van der Waals surface area contributed by atoms with Gasteiger partial charge in [-0.1, -0.05) is 73.3 Å². The average molecular weight is 539 g/mol. The van der Waals surface area contributed by atoms with Gasteiger partial charge in [-0.15, -0.1) is 0 Å². The van der Waals surface area contributed by atoms with Gasteiger partial charge < -0.3 is 4.74 Å². The molecule has 2 nitrogen and oxygen atoms in total. The molecule has 4 aliphatic carbocycles. The van der Waals surface area contributed by atoms with Crippen molar-refractivity contribution in [1.82, 2.24) is 0 Å². The highest BCUT2D eigenvalue weighted by Crippen LogP contribution is 2.73. The van der Waals surface area contributed by atoms with E-state index in [1.54, 1.807) is 12.1 Å². The molecule has 0 saturated heterocycles. The Hall–Kier alpha value is -1.38. The van der Waals surface area contributed by atoms with E-state index in [4.69, 9.17) is 4.74 Å². The standard InChI is InChI=1S/C36H55FO2/c1-24(2)10-7-8-11-25(3)30-14-15-31-35(30,5)21-18-32-34(4)19-16-26(22-27(34)17-20-36(31,32)6)33(38)39-29-13-9-12-28(37)23-29/h9,12-13,23-27,30-32H,7-8,10-11,14-22H2,1-6H3/t25?,26?,27?,30?,31?,32?,34-,35+,36-/m0/s1. The highest BCUT2D eigenvalue weighted by molar-refractivity contribution is 5.75. The second-order valence-electron chi connectivity index (χ2n) is 15.6. The third kappa shape index (κ3) is 5.34. The van der Waals surface area contributed by atoms with Gasteiger partial charge in [0.1, 0.15) is 11.6 Å². The van der Waals surface area contributed by atoms with Gasteiger partial charge in [-0.25, -0.2) is 4.39 Å². The van der Waals surface area contributed by atoms with Crippen LogP contribution >= 0.6 is 0 Å². The maximum Gasteiger partial charge on any atom is 0.314 e. The van der Waals surface area contributed by atoms with Crippen LogP contribution in [-0.2, 0) is 4.79 Å². The molecule has 0 aliphatic heterocycles. The van der Waals surface area contributed by atoms with E-state index in [9.17, 15) is 9.18 Å². The molecule has 4 saturated carbocycles. The summed E-state index contributed by atoms with van der Waals surface area (Å²) in [5.74, 6) is 4.53. The molecule has 0 N–H and O–H groups in total. The number of benzene rings is 1. The first kappa shape index (κ1) is 29.1. The van der Waals surface area contributed by atoms with Crippen LogP contribution in [0.1, 0.15) is 125 Å². The van der Waals surface area contributed by atoms with Crippen molar-refractivity contribution in [2.24, 2.45) is 57.7 Å². The Morgan fingerprint density at radius 3 is 2.33 bits per heavy atom. The van der Waals surface area contributed by atoms with Crippen LogP contribution in [0, 0.1) is 63.5 Å². The van der Waals surface area contributed by atoms with E-state index in [0.29, 0.717) is 27.9 Å². The largest absolute Gasteiger partial charge is 0.426 e. The fourth-order valence-electron chi connectivity index (χ4n) is 11.1. The molecule has 0 amide bonds. The van der Waals surface area contributed by atoms with Crippen molar-refractivity contribution in [2.75, 3.05) is 0 Å². The normalized spacial score (nSPS) is 40.5. The zero-order valence-corrected chi connectivity index (χ0v) is 25.7. The van der Waals surface area contributed by atoms with Gasteiger partial charge in [0.2, 0.25) is 0 Å². The Labute approximate surface area is 238 Å². The summed E-state index contributed by atoms with van der Waals surface area (Å²) in [4.78, 5) is 13.1. The average Bonchev–Trinajstić information content (AvgIpc) is 3.24. The van der Waals surface area contributed by atoms with Crippen molar-refractivity contribution in [2.45, 2.75) is 125 Å². The Balaban J connectivity index is 1.24. The molecule has 9 atom stereocenters. The van der Waals surface area contributed by atoms with Gasteiger partial charge in [-0.3, -0.25) is 4.79 Å². The monoisotopic (exact) mass is 538 g/mol. The van der Waals surface area contributed by atoms with Crippen molar-refractivity contribution in [3.05, 3.63) is 30.1 Å². The van der Waals surface area contributed by atoms with E-state index in [1.165, 1.54) is 76.3 Å². The molecule has 0 spiro atoms. The molecule has 0 radical (unpaired) electrons. The fourth-order valence-corrected chi connectivity index (χ4v) is 11.1. The predicted octanol–water partition coefficient (Wildman–Crippen LogP) is 10.2. The number of ether oxygens (including phenoxy) is 1. The maximum atomic E-state index is 13.6. The summed E-state index contributed by atoms with van der Waals surface area (Å²) < 4.78 is 19.3. The van der Waals surface area contributed by atoms with Crippen molar-refractivity contribution >= 4 is 5.97 Å². The number of halogens is 1. The Bertz CT molecular complexity index is 1020. The van der Waals surface area contributed by atoms with E-state index >= 15 is 0 Å². The van der Waals surface area contributed by atoms with Crippen molar-refractivity contribution in [3.8, 4) is 5.75 Å². The molecule has 6 unspecified atom stereocenters. The van der Waals surface area contributed by atoms with Crippen LogP contribution in [0.4, 0.5) is 4.39 Å². The number of carbonyl (C=O) groups is 1. The minimum Gasteiger partial charge on any atom is -0.426 e. The second kappa shape index (κ2) is 11.1. The SMILES string of the molecule is CC(C)CCCCC(C)C1CCC2[C@]3(C)CCC4CC(C(=O)Oc5cccc(F)c5)CC[C@]4(C)C3CC[C@]12C. The number of unbranched alkanes of at least 4 members (excludes halogenated alkanes) is 1. The molecular formula is C36H55FO2. The smallest absolute Gasteiger partial charge is 0.314 e. The first-order valence-corrected chi connectivity index (χ1v) is 16.4. The fraction of sp³-hybridized carbons (Fsp3) is 0.806. The van der Waals surface area contributed by atoms with Crippen LogP contribution in [0.3, 0.4) is 0 Å². The lowest BCUT2D eigenvalue weighted by molar-refractivity contribution is -0.176. The molecule has 0 aromatic heterocycles. The first-order valence-electron chi connectivity index (χ1n) is 16.4. The van der Waals surface area contributed by atoms with Gasteiger partial charge in [0.25, 0.3) is 0 Å². The summed E-state index contributed by atoms with van der Waals surface area (Å²) in [5.41, 5.74) is 1.25. The highest BCUT2D eigenvalue weighted by Gasteiger charge is 2.65. The number of esters is 1. The molecule has 0 heterocycles. The maximum absolute atomic E-state index is 13.6. The lowest BCUT2D eigenvalue weighted by atomic mass is 9.39. The molecule has 3 heteroatoms. The van der Waals surface area contributed by atoms with Gasteiger partial charge in [-0.2, -0.15) is 0 Å². The second-order valence-corrected chi connectivity index (χ2v) is 15.6. The quantitative estimate of drug-likeness (QED) is 0.187. The topological polar surface area (TPSA) is 26.3 Å². The van der Waals surface area contributed by atoms with Crippen LogP contribution in [0.15, 0.2) is 24.3 Å². The highest BCUT2D eigenvalue weighted by atomic mass is 19.1. The first-order chi connectivity index (χ1) is 18.5. The Morgan fingerprint density at radius 2 is 1.59 bits per heavy atom. The van der Waals surface area contributed by atoms with E-state index in [1.807, 2.05) is 0 Å². The van der Waals surface area contributed by atoms with E-state index in [-0.39, 0.29) is 17.7 Å². The lowest BCUT2D eigenvalue weighted by Crippen LogP contribution is -2.59. The van der Waals surface area contributed by atoms with Crippen LogP contribution < -0.4 is 4.74 Å². The van der Waals surface area contributed by atoms with Crippen molar-refractivity contribution < 1.29 is 13.9 Å². The van der Waals surface area contributed by atoms with Crippen LogP contribution in [-0.4, -0.2) is 5.97 Å². The number of carbonyl (C=O) groups excluding carboxylic acids is 1. The number of fused-ring (bicyclic) bond motifs is 5. The van der Waals surface area contributed by atoms with Gasteiger partial charge in [0.05, 0.1) is 5.92 Å². The van der Waals surface area contributed by atoms with Gasteiger partial charge >= 0.3 is 5.97 Å². The third-order valence-corrected chi connectivity index (χ3v) is 13.1. The summed E-state index contributed by atoms with van der Waals surface area (Å²) in [5, 5.41) is 0.